The summed E-state index contributed by atoms with van der Waals surface area (Å²) in [6, 6.07) is 34.0. The Hall–Kier alpha value is -5.92. The van der Waals surface area contributed by atoms with E-state index in [1.54, 1.807) is 0 Å². The number of benzene rings is 6. The van der Waals surface area contributed by atoms with Crippen molar-refractivity contribution in [2.24, 2.45) is 0 Å². The topological polar surface area (TPSA) is 123 Å². The maximum absolute atomic E-state index is 11.6. The van der Waals surface area contributed by atoms with Crippen LogP contribution in [0.4, 0.5) is 0 Å². The summed E-state index contributed by atoms with van der Waals surface area (Å²) >= 11 is 0. The number of rotatable bonds is 3. The van der Waals surface area contributed by atoms with Crippen LogP contribution in [0.3, 0.4) is 0 Å². The van der Waals surface area contributed by atoms with E-state index in [0.29, 0.717) is 89.2 Å². The molecule has 7 heteroatoms. The minimum Gasteiger partial charge on any atom is -0.507 e. The average molecular weight is 693 g/mol. The van der Waals surface area contributed by atoms with Gasteiger partial charge in [-0.2, -0.15) is 0 Å². The highest BCUT2D eigenvalue weighted by Crippen LogP contribution is 2.38. The number of epoxide rings is 1. The number of phenolic OH excluding ortho intramolecular Hbond substituents is 5. The zero-order valence-corrected chi connectivity index (χ0v) is 28.7. The lowest BCUT2D eigenvalue weighted by Gasteiger charge is -2.18. The molecule has 0 saturated carbocycles. The Kier molecular flexibility index (Phi) is 8.95. The van der Waals surface area contributed by atoms with Crippen molar-refractivity contribution in [3.05, 3.63) is 176 Å². The molecular formula is C45H40O7. The van der Waals surface area contributed by atoms with E-state index >= 15 is 0 Å². The molecule has 0 radical (unpaired) electrons. The van der Waals surface area contributed by atoms with Crippen LogP contribution in [0.25, 0.3) is 0 Å². The highest BCUT2D eigenvalue weighted by Gasteiger charge is 2.25. The molecule has 7 nitrogen and oxygen atoms in total. The summed E-state index contributed by atoms with van der Waals surface area (Å²) in [5.74, 6) is 1.36. The molecule has 12 bridgehead atoms. The molecule has 5 N–H and O–H groups in total. The van der Waals surface area contributed by atoms with E-state index in [2.05, 4.69) is 0 Å². The van der Waals surface area contributed by atoms with Crippen molar-refractivity contribution in [3.8, 4) is 34.5 Å². The Morgan fingerprint density at radius 1 is 0.385 bits per heavy atom. The first-order valence-electron chi connectivity index (χ1n) is 17.7. The van der Waals surface area contributed by atoms with Crippen molar-refractivity contribution in [3.63, 3.8) is 0 Å². The van der Waals surface area contributed by atoms with Gasteiger partial charge in [-0.3, -0.25) is 0 Å². The standard InChI is InChI=1S/C45H40O7/c46-40-27-7-1-8-28(40)20-30-10-3-12-32(42(30)48)22-34-14-5-16-36(44(34)50)24-38-18-6-17-37(45(38)52-26-39-25-51-39)23-35-15-4-13-33(43(35)49)21-31-11-2-9-29(19-27)41(31)47/h1-18,39,46-50H,19-26H2. The number of phenols is 5. The SMILES string of the molecule is Oc1c2cccc1Cc1cccc(c1O)Cc1cccc(c1O)Cc1cccc(c1OCC1CO1)Cc1cccc(c1O)Cc1cccc(c1O)C2. The lowest BCUT2D eigenvalue weighted by molar-refractivity contribution is 0.259. The van der Waals surface area contributed by atoms with Crippen LogP contribution in [0.1, 0.15) is 66.8 Å². The van der Waals surface area contributed by atoms with E-state index in [-0.39, 0.29) is 47.7 Å². The molecule has 1 saturated heterocycles. The quantitative estimate of drug-likeness (QED) is 0.120. The van der Waals surface area contributed by atoms with Crippen LogP contribution < -0.4 is 4.74 Å². The number of hydrogen-bond acceptors (Lipinski definition) is 7. The number of ether oxygens (including phenoxy) is 2. The van der Waals surface area contributed by atoms with Gasteiger partial charge in [0.1, 0.15) is 47.2 Å². The van der Waals surface area contributed by atoms with Gasteiger partial charge in [-0.05, 0) is 66.8 Å². The molecule has 1 aliphatic heterocycles. The molecule has 2 aliphatic rings. The molecule has 8 rings (SSSR count). The van der Waals surface area contributed by atoms with Gasteiger partial charge < -0.3 is 35.0 Å². The smallest absolute Gasteiger partial charge is 0.126 e. The summed E-state index contributed by atoms with van der Waals surface area (Å²) in [5, 5.41) is 57.5. The molecule has 1 fully saturated rings. The third-order valence-corrected chi connectivity index (χ3v) is 10.3. The second-order valence-electron chi connectivity index (χ2n) is 13.9. The highest BCUT2D eigenvalue weighted by atomic mass is 16.6. The molecule has 52 heavy (non-hydrogen) atoms. The van der Waals surface area contributed by atoms with E-state index in [4.69, 9.17) is 9.47 Å². The summed E-state index contributed by atoms with van der Waals surface area (Å²) in [7, 11) is 0. The van der Waals surface area contributed by atoms with Gasteiger partial charge in [-0.25, -0.2) is 0 Å². The van der Waals surface area contributed by atoms with E-state index in [0.717, 1.165) is 22.3 Å². The Balaban J connectivity index is 1.25. The van der Waals surface area contributed by atoms with Gasteiger partial charge >= 0.3 is 0 Å². The van der Waals surface area contributed by atoms with Crippen LogP contribution in [-0.2, 0) is 43.3 Å². The van der Waals surface area contributed by atoms with Crippen molar-refractivity contribution in [1.82, 2.24) is 0 Å². The van der Waals surface area contributed by atoms with Crippen LogP contribution in [0, 0.1) is 0 Å². The molecule has 6 aromatic rings. The van der Waals surface area contributed by atoms with E-state index in [1.165, 1.54) is 0 Å². The van der Waals surface area contributed by atoms with Crippen LogP contribution in [0.15, 0.2) is 109 Å². The number of aromatic hydroxyl groups is 5. The normalized spacial score (nSPS) is 15.3. The average Bonchev–Trinajstić information content (AvgIpc) is 3.97. The van der Waals surface area contributed by atoms with Crippen molar-refractivity contribution in [2.75, 3.05) is 13.2 Å². The fourth-order valence-corrected chi connectivity index (χ4v) is 7.32. The van der Waals surface area contributed by atoms with Crippen molar-refractivity contribution in [2.45, 2.75) is 44.6 Å². The molecule has 0 aromatic heterocycles. The second-order valence-corrected chi connectivity index (χ2v) is 13.9. The first-order valence-corrected chi connectivity index (χ1v) is 17.7. The van der Waals surface area contributed by atoms with Gasteiger partial charge in [0.25, 0.3) is 0 Å². The monoisotopic (exact) mass is 692 g/mol. The fraction of sp³-hybridized carbons (Fsp3) is 0.200. The first kappa shape index (κ1) is 33.2. The Bertz CT molecular complexity index is 2140. The first-order chi connectivity index (χ1) is 25.3. The molecule has 6 aromatic carbocycles. The Labute approximate surface area is 302 Å². The zero-order chi connectivity index (χ0) is 35.8. The Morgan fingerprint density at radius 3 is 0.827 bits per heavy atom. The summed E-state index contributed by atoms with van der Waals surface area (Å²) in [6.45, 7) is 1.05. The zero-order valence-electron chi connectivity index (χ0n) is 28.7. The molecule has 1 heterocycles. The lowest BCUT2D eigenvalue weighted by atomic mass is 9.91. The third-order valence-electron chi connectivity index (χ3n) is 10.3. The van der Waals surface area contributed by atoms with Crippen LogP contribution >= 0.6 is 0 Å². The van der Waals surface area contributed by atoms with Gasteiger partial charge in [0.05, 0.1) is 6.61 Å². The number of para-hydroxylation sites is 6. The second kappa shape index (κ2) is 14.0. The minimum atomic E-state index is 0.0359. The van der Waals surface area contributed by atoms with E-state index < -0.39 is 0 Å². The van der Waals surface area contributed by atoms with E-state index in [9.17, 15) is 25.5 Å². The van der Waals surface area contributed by atoms with Crippen molar-refractivity contribution >= 4 is 0 Å². The predicted molar refractivity (Wildman–Crippen MR) is 199 cm³/mol. The van der Waals surface area contributed by atoms with Crippen molar-refractivity contribution in [1.29, 1.82) is 0 Å². The summed E-state index contributed by atoms with van der Waals surface area (Å²) in [5.41, 5.74) is 8.51. The maximum Gasteiger partial charge on any atom is 0.126 e. The summed E-state index contributed by atoms with van der Waals surface area (Å²) in [6.07, 6.45) is 2.03. The summed E-state index contributed by atoms with van der Waals surface area (Å²) in [4.78, 5) is 0. The molecule has 262 valence electrons. The summed E-state index contributed by atoms with van der Waals surface area (Å²) < 4.78 is 11.9. The molecular weight excluding hydrogens is 652 g/mol. The molecule has 1 aliphatic carbocycles. The predicted octanol–water partition coefficient (Wildman–Crippen LogP) is 7.85. The lowest BCUT2D eigenvalue weighted by Crippen LogP contribution is -2.09. The largest absolute Gasteiger partial charge is 0.507 e. The van der Waals surface area contributed by atoms with Gasteiger partial charge in [0.15, 0.2) is 0 Å². The maximum atomic E-state index is 11.6. The van der Waals surface area contributed by atoms with Crippen LogP contribution in [-0.4, -0.2) is 44.9 Å². The minimum absolute atomic E-state index is 0.0359. The molecule has 1 atom stereocenters. The third kappa shape index (κ3) is 6.75. The number of hydrogen-bond donors (Lipinski definition) is 5. The van der Waals surface area contributed by atoms with Crippen molar-refractivity contribution < 1.29 is 35.0 Å². The van der Waals surface area contributed by atoms with E-state index in [1.807, 2.05) is 109 Å². The molecule has 0 spiro atoms. The van der Waals surface area contributed by atoms with Gasteiger partial charge in [-0.15, -0.1) is 0 Å². The fourth-order valence-electron chi connectivity index (χ4n) is 7.32. The van der Waals surface area contributed by atoms with Gasteiger partial charge in [0, 0.05) is 38.5 Å². The van der Waals surface area contributed by atoms with Crippen LogP contribution in [0.5, 0.6) is 34.5 Å². The highest BCUT2D eigenvalue weighted by molar-refractivity contribution is 5.56. The molecule has 1 unspecified atom stereocenters. The Morgan fingerprint density at radius 2 is 0.596 bits per heavy atom. The number of fused-ring (bicyclic) bond motifs is 12. The van der Waals surface area contributed by atoms with Gasteiger partial charge in [0.2, 0.25) is 0 Å². The molecule has 0 amide bonds. The van der Waals surface area contributed by atoms with Crippen LogP contribution in [0.2, 0.25) is 0 Å². The van der Waals surface area contributed by atoms with Gasteiger partial charge in [-0.1, -0.05) is 109 Å².